The van der Waals surface area contributed by atoms with E-state index < -0.39 is 0 Å². The first-order valence-electron chi connectivity index (χ1n) is 7.60. The Labute approximate surface area is 135 Å². The maximum absolute atomic E-state index is 12.7. The van der Waals surface area contributed by atoms with Crippen molar-refractivity contribution >= 4 is 5.91 Å². The van der Waals surface area contributed by atoms with Crippen molar-refractivity contribution in [2.45, 2.75) is 20.0 Å². The highest BCUT2D eigenvalue weighted by atomic mass is 16.3. The third kappa shape index (κ3) is 3.18. The summed E-state index contributed by atoms with van der Waals surface area (Å²) >= 11 is 0. The molecule has 1 amide bonds. The van der Waals surface area contributed by atoms with E-state index in [4.69, 9.17) is 4.42 Å². The fraction of sp³-hybridized carbons (Fsp3) is 0.222. The topological polar surface area (TPSA) is 51.3 Å². The Morgan fingerprint density at radius 2 is 2.00 bits per heavy atom. The number of furan rings is 1. The molecule has 0 aliphatic carbocycles. The molecule has 0 N–H and O–H groups in total. The molecule has 3 rings (SSSR count). The molecule has 5 heteroatoms. The lowest BCUT2D eigenvalue weighted by atomic mass is 10.2. The minimum absolute atomic E-state index is 0.0546. The largest absolute Gasteiger partial charge is 0.463 e. The number of carbonyl (C=O) groups is 1. The minimum atomic E-state index is -0.0546. The fourth-order valence-corrected chi connectivity index (χ4v) is 2.50. The molecule has 0 aliphatic rings. The van der Waals surface area contributed by atoms with Crippen LogP contribution in [0.4, 0.5) is 0 Å². The van der Waals surface area contributed by atoms with E-state index >= 15 is 0 Å². The molecule has 23 heavy (non-hydrogen) atoms. The molecule has 0 saturated heterocycles. The van der Waals surface area contributed by atoms with Crippen molar-refractivity contribution in [3.63, 3.8) is 0 Å². The molecule has 0 atom stereocenters. The first kappa shape index (κ1) is 15.1. The van der Waals surface area contributed by atoms with Crippen LogP contribution in [0.15, 0.2) is 59.2 Å². The molecule has 1 aromatic carbocycles. The Bertz CT molecular complexity index is 776. The summed E-state index contributed by atoms with van der Waals surface area (Å²) in [7, 11) is 1.80. The summed E-state index contributed by atoms with van der Waals surface area (Å²) in [5.74, 6) is 0.609. The number of aryl methyl sites for hydroxylation is 1. The van der Waals surface area contributed by atoms with E-state index in [2.05, 4.69) is 5.10 Å². The molecule has 3 aromatic rings. The van der Waals surface area contributed by atoms with Crippen molar-refractivity contribution in [3.8, 4) is 11.5 Å². The van der Waals surface area contributed by atoms with Gasteiger partial charge in [0.15, 0.2) is 5.76 Å². The van der Waals surface area contributed by atoms with E-state index in [9.17, 15) is 4.79 Å². The van der Waals surface area contributed by atoms with Crippen LogP contribution in [0, 0.1) is 0 Å². The Morgan fingerprint density at radius 1 is 1.22 bits per heavy atom. The predicted octanol–water partition coefficient (Wildman–Crippen LogP) is 3.44. The Morgan fingerprint density at radius 3 is 2.65 bits per heavy atom. The van der Waals surface area contributed by atoms with E-state index in [1.165, 1.54) is 0 Å². The second kappa shape index (κ2) is 6.52. The van der Waals surface area contributed by atoms with E-state index in [0.717, 1.165) is 5.56 Å². The van der Waals surface area contributed by atoms with Gasteiger partial charge in [0.25, 0.3) is 5.91 Å². The van der Waals surface area contributed by atoms with Crippen LogP contribution in [0.25, 0.3) is 11.5 Å². The van der Waals surface area contributed by atoms with Gasteiger partial charge in [0, 0.05) is 26.2 Å². The number of hydrogen-bond acceptors (Lipinski definition) is 3. The zero-order valence-corrected chi connectivity index (χ0v) is 13.3. The van der Waals surface area contributed by atoms with E-state index in [1.807, 2.05) is 49.4 Å². The van der Waals surface area contributed by atoms with Crippen LogP contribution in [0.5, 0.6) is 0 Å². The second-order valence-corrected chi connectivity index (χ2v) is 5.35. The highest BCUT2D eigenvalue weighted by Gasteiger charge is 2.20. The molecular formula is C18H19N3O2. The number of aromatic nitrogens is 2. The fourth-order valence-electron chi connectivity index (χ4n) is 2.50. The number of nitrogens with zero attached hydrogens (tertiary/aromatic N) is 3. The van der Waals surface area contributed by atoms with E-state index in [0.29, 0.717) is 30.2 Å². The summed E-state index contributed by atoms with van der Waals surface area (Å²) in [4.78, 5) is 14.4. The molecule has 2 aromatic heterocycles. The van der Waals surface area contributed by atoms with Gasteiger partial charge in [0.2, 0.25) is 0 Å². The molecular weight excluding hydrogens is 290 g/mol. The lowest BCUT2D eigenvalue weighted by molar-refractivity contribution is 0.0773. The highest BCUT2D eigenvalue weighted by Crippen LogP contribution is 2.20. The zero-order valence-electron chi connectivity index (χ0n) is 13.3. The maximum Gasteiger partial charge on any atom is 0.272 e. The van der Waals surface area contributed by atoms with Gasteiger partial charge < -0.3 is 9.32 Å². The average molecular weight is 309 g/mol. The molecule has 0 fully saturated rings. The van der Waals surface area contributed by atoms with Crippen LogP contribution in [0.3, 0.4) is 0 Å². The SMILES string of the molecule is CCn1nc(-c2ccco2)cc1C(=O)N(C)Cc1ccccc1. The Balaban J connectivity index is 1.84. The summed E-state index contributed by atoms with van der Waals surface area (Å²) in [6.45, 7) is 3.15. The smallest absolute Gasteiger partial charge is 0.272 e. The van der Waals surface area contributed by atoms with Crippen LogP contribution < -0.4 is 0 Å². The molecule has 2 heterocycles. The quantitative estimate of drug-likeness (QED) is 0.725. The lowest BCUT2D eigenvalue weighted by Crippen LogP contribution is -2.28. The number of amides is 1. The van der Waals surface area contributed by atoms with Crippen LogP contribution in [0.1, 0.15) is 23.0 Å². The van der Waals surface area contributed by atoms with Gasteiger partial charge in [-0.15, -0.1) is 0 Å². The minimum Gasteiger partial charge on any atom is -0.463 e. The zero-order chi connectivity index (χ0) is 16.2. The van der Waals surface area contributed by atoms with E-state index in [-0.39, 0.29) is 5.91 Å². The van der Waals surface area contributed by atoms with Crippen LogP contribution >= 0.6 is 0 Å². The van der Waals surface area contributed by atoms with Crippen molar-refractivity contribution in [1.82, 2.24) is 14.7 Å². The Kier molecular flexibility index (Phi) is 4.28. The van der Waals surface area contributed by atoms with Crippen molar-refractivity contribution in [1.29, 1.82) is 0 Å². The van der Waals surface area contributed by atoms with Gasteiger partial charge in [0.05, 0.1) is 6.26 Å². The van der Waals surface area contributed by atoms with Gasteiger partial charge in [-0.05, 0) is 24.6 Å². The molecule has 0 unspecified atom stereocenters. The summed E-state index contributed by atoms with van der Waals surface area (Å²) in [5, 5.41) is 4.46. The average Bonchev–Trinajstić information content (AvgIpc) is 3.24. The molecule has 0 bridgehead atoms. The number of benzene rings is 1. The second-order valence-electron chi connectivity index (χ2n) is 5.35. The molecule has 0 spiro atoms. The highest BCUT2D eigenvalue weighted by molar-refractivity contribution is 5.93. The third-order valence-corrected chi connectivity index (χ3v) is 3.68. The molecule has 118 valence electrons. The number of rotatable bonds is 5. The normalized spacial score (nSPS) is 10.7. The first-order valence-corrected chi connectivity index (χ1v) is 7.60. The van der Waals surface area contributed by atoms with Gasteiger partial charge in [0.1, 0.15) is 11.4 Å². The van der Waals surface area contributed by atoms with Gasteiger partial charge in [-0.1, -0.05) is 30.3 Å². The standard InChI is InChI=1S/C18H19N3O2/c1-3-21-16(12-15(19-21)17-10-7-11-23-17)18(22)20(2)13-14-8-5-4-6-9-14/h4-12H,3,13H2,1-2H3. The van der Waals surface area contributed by atoms with Crippen LogP contribution in [-0.2, 0) is 13.1 Å². The predicted molar refractivity (Wildman–Crippen MR) is 87.8 cm³/mol. The van der Waals surface area contributed by atoms with Crippen molar-refractivity contribution in [2.24, 2.45) is 0 Å². The van der Waals surface area contributed by atoms with Crippen molar-refractivity contribution in [3.05, 3.63) is 66.1 Å². The van der Waals surface area contributed by atoms with Crippen LogP contribution in [0.2, 0.25) is 0 Å². The molecule has 0 aliphatic heterocycles. The first-order chi connectivity index (χ1) is 11.2. The van der Waals surface area contributed by atoms with Crippen molar-refractivity contribution in [2.75, 3.05) is 7.05 Å². The monoisotopic (exact) mass is 309 g/mol. The third-order valence-electron chi connectivity index (χ3n) is 3.68. The molecule has 0 saturated carbocycles. The molecule has 5 nitrogen and oxygen atoms in total. The summed E-state index contributed by atoms with van der Waals surface area (Å²) in [6, 6.07) is 15.4. The van der Waals surface area contributed by atoms with Gasteiger partial charge >= 0.3 is 0 Å². The van der Waals surface area contributed by atoms with Crippen LogP contribution in [-0.4, -0.2) is 27.6 Å². The maximum atomic E-state index is 12.7. The summed E-state index contributed by atoms with van der Waals surface area (Å²) in [6.07, 6.45) is 1.60. The number of carbonyl (C=O) groups excluding carboxylic acids is 1. The summed E-state index contributed by atoms with van der Waals surface area (Å²) < 4.78 is 7.08. The van der Waals surface area contributed by atoms with Gasteiger partial charge in [-0.3, -0.25) is 9.48 Å². The van der Waals surface area contributed by atoms with E-state index in [1.54, 1.807) is 29.0 Å². The van der Waals surface area contributed by atoms with Gasteiger partial charge in [-0.25, -0.2) is 0 Å². The lowest BCUT2D eigenvalue weighted by Gasteiger charge is -2.17. The molecule has 0 radical (unpaired) electrons. The van der Waals surface area contributed by atoms with Crippen molar-refractivity contribution < 1.29 is 9.21 Å². The number of hydrogen-bond donors (Lipinski definition) is 0. The summed E-state index contributed by atoms with van der Waals surface area (Å²) in [5.41, 5.74) is 2.34. The Hall–Kier alpha value is -2.82. The van der Waals surface area contributed by atoms with Gasteiger partial charge in [-0.2, -0.15) is 5.10 Å².